The van der Waals surface area contributed by atoms with Crippen LogP contribution in [0.2, 0.25) is 18.1 Å². The number of hydrogen-bond donors (Lipinski definition) is 0. The Morgan fingerprint density at radius 1 is 1.31 bits per heavy atom. The van der Waals surface area contributed by atoms with Gasteiger partial charge in [0.2, 0.25) is 5.90 Å². The van der Waals surface area contributed by atoms with Crippen LogP contribution in [0.5, 0.6) is 0 Å². The summed E-state index contributed by atoms with van der Waals surface area (Å²) >= 11 is 0. The average Bonchev–Trinajstić information content (AvgIpc) is 2.70. The fourth-order valence-electron chi connectivity index (χ4n) is 2.95. The van der Waals surface area contributed by atoms with Gasteiger partial charge in [0, 0.05) is 31.6 Å². The van der Waals surface area contributed by atoms with E-state index < -0.39 is 13.9 Å². The number of ether oxygens (including phenoxy) is 2. The molecule has 0 radical (unpaired) electrons. The van der Waals surface area contributed by atoms with Crippen LogP contribution in [0.15, 0.2) is 47.9 Å². The van der Waals surface area contributed by atoms with Gasteiger partial charge in [-0.2, -0.15) is 0 Å². The molecule has 1 aromatic rings. The van der Waals surface area contributed by atoms with E-state index in [1.807, 2.05) is 24.5 Å². The molecule has 1 aliphatic rings. The van der Waals surface area contributed by atoms with Gasteiger partial charge >= 0.3 is 0 Å². The summed E-state index contributed by atoms with van der Waals surface area (Å²) < 4.78 is 18.5. The summed E-state index contributed by atoms with van der Waals surface area (Å²) in [6, 6.07) is 3.96. The summed E-state index contributed by atoms with van der Waals surface area (Å²) in [5.74, 6) is 0.530. The van der Waals surface area contributed by atoms with E-state index in [1.54, 1.807) is 13.3 Å². The standard InChI is InChI=1S/C23H36N2O3Si/c1-9-13-27-23(18(2)17-28-29(7,8)22(3,4)5)14-20(16-25-21(23)26-6)19-11-10-12-24-15-19/h10-12,15-16H,2,9,13-14,17H2,1,3-8H3. The van der Waals surface area contributed by atoms with Gasteiger partial charge in [-0.3, -0.25) is 4.98 Å². The Labute approximate surface area is 177 Å². The first-order valence-electron chi connectivity index (χ1n) is 10.3. The Balaban J connectivity index is 2.35. The second-order valence-corrected chi connectivity index (χ2v) is 13.8. The molecule has 0 N–H and O–H groups in total. The van der Waals surface area contributed by atoms with Crippen molar-refractivity contribution >= 4 is 19.8 Å². The number of methoxy groups -OCH3 is 1. The van der Waals surface area contributed by atoms with E-state index in [9.17, 15) is 0 Å². The first-order chi connectivity index (χ1) is 13.6. The minimum atomic E-state index is -1.93. The lowest BCUT2D eigenvalue weighted by atomic mass is 9.84. The van der Waals surface area contributed by atoms with Crippen LogP contribution in [0.1, 0.15) is 46.1 Å². The van der Waals surface area contributed by atoms with Crippen molar-refractivity contribution in [1.82, 2.24) is 4.98 Å². The molecule has 0 bridgehead atoms. The Hall–Kier alpha value is -1.76. The minimum Gasteiger partial charge on any atom is -0.482 e. The molecule has 0 aromatic carbocycles. The van der Waals surface area contributed by atoms with E-state index in [4.69, 9.17) is 13.9 Å². The lowest BCUT2D eigenvalue weighted by molar-refractivity contribution is 0.0157. The zero-order valence-corrected chi connectivity index (χ0v) is 20.0. The quantitative estimate of drug-likeness (QED) is 0.408. The molecule has 1 atom stereocenters. The number of aliphatic imine (C=N–C) groups is 1. The van der Waals surface area contributed by atoms with Crippen LogP contribution in [0, 0.1) is 0 Å². The molecule has 1 aromatic heterocycles. The molecule has 0 spiro atoms. The van der Waals surface area contributed by atoms with Crippen LogP contribution in [0.25, 0.3) is 5.57 Å². The molecule has 2 heterocycles. The van der Waals surface area contributed by atoms with Crippen molar-refractivity contribution < 1.29 is 13.9 Å². The van der Waals surface area contributed by atoms with Crippen molar-refractivity contribution in [2.45, 2.75) is 64.3 Å². The lowest BCUT2D eigenvalue weighted by Crippen LogP contribution is -2.49. The second-order valence-electron chi connectivity index (χ2n) is 9.04. The van der Waals surface area contributed by atoms with E-state index in [0.717, 1.165) is 23.1 Å². The fourth-order valence-corrected chi connectivity index (χ4v) is 3.91. The predicted molar refractivity (Wildman–Crippen MR) is 123 cm³/mol. The summed E-state index contributed by atoms with van der Waals surface area (Å²) in [6.45, 7) is 18.7. The monoisotopic (exact) mass is 416 g/mol. The molecule has 1 unspecified atom stereocenters. The van der Waals surface area contributed by atoms with Crippen LogP contribution in [-0.2, 0) is 13.9 Å². The second kappa shape index (κ2) is 9.37. The third-order valence-corrected chi connectivity index (χ3v) is 10.4. The van der Waals surface area contributed by atoms with E-state index in [1.165, 1.54) is 0 Å². The normalized spacial score (nSPS) is 20.1. The molecule has 6 heteroatoms. The lowest BCUT2D eigenvalue weighted by Gasteiger charge is -2.41. The number of nitrogens with zero attached hydrogens (tertiary/aromatic N) is 2. The molecule has 1 aliphatic heterocycles. The van der Waals surface area contributed by atoms with E-state index in [2.05, 4.69) is 57.3 Å². The van der Waals surface area contributed by atoms with Crippen molar-refractivity contribution in [3.05, 3.63) is 48.4 Å². The largest absolute Gasteiger partial charge is 0.482 e. The smallest absolute Gasteiger partial charge is 0.225 e. The van der Waals surface area contributed by atoms with Crippen molar-refractivity contribution in [2.75, 3.05) is 20.3 Å². The first-order valence-corrected chi connectivity index (χ1v) is 13.2. The molecule has 0 amide bonds. The maximum Gasteiger partial charge on any atom is 0.225 e. The summed E-state index contributed by atoms with van der Waals surface area (Å²) in [6.07, 6.45) is 6.93. The first kappa shape index (κ1) is 23.5. The maximum absolute atomic E-state index is 6.46. The van der Waals surface area contributed by atoms with Gasteiger partial charge in [0.25, 0.3) is 0 Å². The highest BCUT2D eigenvalue weighted by Gasteiger charge is 2.45. The van der Waals surface area contributed by atoms with Crippen LogP contribution in [0.3, 0.4) is 0 Å². The molecule has 0 fully saturated rings. The zero-order valence-electron chi connectivity index (χ0n) is 19.0. The summed E-state index contributed by atoms with van der Waals surface area (Å²) in [7, 11) is -0.298. The van der Waals surface area contributed by atoms with Gasteiger partial charge < -0.3 is 13.9 Å². The van der Waals surface area contributed by atoms with Crippen molar-refractivity contribution in [2.24, 2.45) is 4.99 Å². The minimum absolute atomic E-state index is 0.121. The third kappa shape index (κ3) is 5.24. The van der Waals surface area contributed by atoms with E-state index in [-0.39, 0.29) is 5.04 Å². The molecule has 160 valence electrons. The number of rotatable bonds is 8. The van der Waals surface area contributed by atoms with E-state index >= 15 is 0 Å². The summed E-state index contributed by atoms with van der Waals surface area (Å²) in [5, 5.41) is 0.121. The van der Waals surface area contributed by atoms with Crippen LogP contribution in [-0.4, -0.2) is 45.1 Å². The van der Waals surface area contributed by atoms with Crippen molar-refractivity contribution in [1.29, 1.82) is 0 Å². The van der Waals surface area contributed by atoms with Gasteiger partial charge in [-0.25, -0.2) is 4.99 Å². The summed E-state index contributed by atoms with van der Waals surface area (Å²) in [5.41, 5.74) is 2.07. The van der Waals surface area contributed by atoms with Gasteiger partial charge in [-0.05, 0) is 47.3 Å². The molecule has 29 heavy (non-hydrogen) atoms. The van der Waals surface area contributed by atoms with Crippen molar-refractivity contribution in [3.63, 3.8) is 0 Å². The highest BCUT2D eigenvalue weighted by Crippen LogP contribution is 2.40. The Kier molecular flexibility index (Phi) is 7.60. The third-order valence-electron chi connectivity index (χ3n) is 5.89. The van der Waals surface area contributed by atoms with Gasteiger partial charge in [0.1, 0.15) is 0 Å². The molecule has 0 saturated heterocycles. The molecule has 0 saturated carbocycles. The van der Waals surface area contributed by atoms with Crippen LogP contribution in [0.4, 0.5) is 0 Å². The average molecular weight is 417 g/mol. The Morgan fingerprint density at radius 2 is 2.03 bits per heavy atom. The number of pyridine rings is 1. The Morgan fingerprint density at radius 3 is 2.59 bits per heavy atom. The SMILES string of the molecule is C=C(CO[Si](C)(C)C(C)(C)C)C1(OCCC)CC(c2cccnc2)=CN=C1OC. The molecular formula is C23H36N2O3Si. The van der Waals surface area contributed by atoms with Crippen LogP contribution < -0.4 is 0 Å². The molecular weight excluding hydrogens is 380 g/mol. The molecule has 0 aliphatic carbocycles. The van der Waals surface area contributed by atoms with Gasteiger partial charge in [-0.15, -0.1) is 0 Å². The molecule has 2 rings (SSSR count). The predicted octanol–water partition coefficient (Wildman–Crippen LogP) is 5.61. The number of aromatic nitrogens is 1. The topological polar surface area (TPSA) is 52.9 Å². The fraction of sp³-hybridized carbons (Fsp3) is 0.565. The van der Waals surface area contributed by atoms with E-state index in [0.29, 0.717) is 25.5 Å². The van der Waals surface area contributed by atoms with Gasteiger partial charge in [0.15, 0.2) is 13.9 Å². The maximum atomic E-state index is 6.46. The highest BCUT2D eigenvalue weighted by molar-refractivity contribution is 6.74. The summed E-state index contributed by atoms with van der Waals surface area (Å²) in [4.78, 5) is 8.85. The van der Waals surface area contributed by atoms with Crippen molar-refractivity contribution in [3.8, 4) is 0 Å². The number of hydrogen-bond acceptors (Lipinski definition) is 5. The van der Waals surface area contributed by atoms with Gasteiger partial charge in [-0.1, -0.05) is 40.3 Å². The zero-order chi connectivity index (χ0) is 21.7. The van der Waals surface area contributed by atoms with Gasteiger partial charge in [0.05, 0.1) is 13.7 Å². The highest BCUT2D eigenvalue weighted by atomic mass is 28.4. The Bertz CT molecular complexity index is 766. The van der Waals surface area contributed by atoms with Crippen LogP contribution >= 0.6 is 0 Å². The molecule has 5 nitrogen and oxygen atoms in total.